The highest BCUT2D eigenvalue weighted by molar-refractivity contribution is 5.99. The molecule has 124 valence electrons. The lowest BCUT2D eigenvalue weighted by Crippen LogP contribution is -2.35. The number of benzene rings is 1. The fraction of sp³-hybridized carbons (Fsp3) is 0.333. The topological polar surface area (TPSA) is 67.2 Å². The van der Waals surface area contributed by atoms with Gasteiger partial charge in [0.25, 0.3) is 0 Å². The Morgan fingerprint density at radius 3 is 2.48 bits per heavy atom. The molecular formula is C15H16F3N3O2. The van der Waals surface area contributed by atoms with Crippen molar-refractivity contribution in [1.29, 1.82) is 0 Å². The quantitative estimate of drug-likeness (QED) is 0.874. The van der Waals surface area contributed by atoms with Crippen molar-refractivity contribution in [2.24, 2.45) is 0 Å². The van der Waals surface area contributed by atoms with E-state index in [1.54, 1.807) is 18.2 Å². The van der Waals surface area contributed by atoms with Crippen LogP contribution in [0.3, 0.4) is 0 Å². The second-order valence-corrected chi connectivity index (χ2v) is 5.65. The van der Waals surface area contributed by atoms with Crippen LogP contribution < -0.4 is 10.6 Å². The molecule has 0 saturated heterocycles. The zero-order valence-corrected chi connectivity index (χ0v) is 12.8. The molecule has 1 aromatic carbocycles. The molecule has 2 aromatic rings. The molecule has 1 heterocycles. The molecule has 0 fully saturated rings. The van der Waals surface area contributed by atoms with Crippen molar-refractivity contribution in [3.05, 3.63) is 41.7 Å². The minimum atomic E-state index is -4.49. The second-order valence-electron chi connectivity index (χ2n) is 5.65. The van der Waals surface area contributed by atoms with Crippen LogP contribution in [0.5, 0.6) is 0 Å². The summed E-state index contributed by atoms with van der Waals surface area (Å²) in [6, 6.07) is 7.51. The lowest BCUT2D eigenvalue weighted by Gasteiger charge is -2.24. The summed E-state index contributed by atoms with van der Waals surface area (Å²) >= 11 is 0. The zero-order chi connectivity index (χ0) is 17.3. The number of alkyl halides is 3. The van der Waals surface area contributed by atoms with Gasteiger partial charge in [0.1, 0.15) is 5.41 Å². The number of aryl methyl sites for hydroxylation is 1. The van der Waals surface area contributed by atoms with Crippen molar-refractivity contribution in [3.8, 4) is 0 Å². The number of rotatable bonds is 3. The molecule has 0 radical (unpaired) electrons. The maximum atomic E-state index is 12.9. The smallest absolute Gasteiger partial charge is 0.358 e. The van der Waals surface area contributed by atoms with Crippen LogP contribution in [-0.4, -0.2) is 17.4 Å². The number of hydrogen-bond donors (Lipinski definition) is 2. The molecule has 0 unspecified atom stereocenters. The number of urea groups is 1. The summed E-state index contributed by atoms with van der Waals surface area (Å²) in [5, 5.41) is 8.34. The number of carbonyl (C=O) groups is 1. The molecule has 0 atom stereocenters. The van der Waals surface area contributed by atoms with Gasteiger partial charge in [0.2, 0.25) is 0 Å². The predicted octanol–water partition coefficient (Wildman–Crippen LogP) is 4.47. The molecule has 0 aliphatic carbocycles. The van der Waals surface area contributed by atoms with Gasteiger partial charge in [0, 0.05) is 11.8 Å². The molecule has 0 aliphatic heterocycles. The van der Waals surface area contributed by atoms with E-state index in [4.69, 9.17) is 4.52 Å². The summed E-state index contributed by atoms with van der Waals surface area (Å²) in [6.07, 6.45) is -4.49. The molecule has 2 N–H and O–H groups in total. The van der Waals surface area contributed by atoms with Crippen LogP contribution in [0.2, 0.25) is 0 Å². The third kappa shape index (κ3) is 3.82. The van der Waals surface area contributed by atoms with Gasteiger partial charge < -0.3 is 9.84 Å². The minimum absolute atomic E-state index is 0.0949. The van der Waals surface area contributed by atoms with Crippen molar-refractivity contribution >= 4 is 17.5 Å². The Morgan fingerprint density at radius 1 is 1.17 bits per heavy atom. The van der Waals surface area contributed by atoms with Gasteiger partial charge in [-0.05, 0) is 38.5 Å². The lowest BCUT2D eigenvalue weighted by atomic mass is 9.89. The van der Waals surface area contributed by atoms with Gasteiger partial charge in [-0.15, -0.1) is 0 Å². The number of hydrogen-bond acceptors (Lipinski definition) is 3. The van der Waals surface area contributed by atoms with Crippen LogP contribution in [0, 0.1) is 6.92 Å². The number of nitrogens with zero attached hydrogens (tertiary/aromatic N) is 1. The van der Waals surface area contributed by atoms with E-state index >= 15 is 0 Å². The highest BCUT2D eigenvalue weighted by atomic mass is 19.4. The Kier molecular flexibility index (Phi) is 4.35. The summed E-state index contributed by atoms with van der Waals surface area (Å²) in [5.74, 6) is -0.474. The van der Waals surface area contributed by atoms with E-state index in [1.807, 2.05) is 13.0 Å². The third-order valence-corrected chi connectivity index (χ3v) is 3.35. The Bertz CT molecular complexity index is 708. The van der Waals surface area contributed by atoms with Gasteiger partial charge in [0.05, 0.1) is 0 Å². The van der Waals surface area contributed by atoms with Crippen molar-refractivity contribution in [1.82, 2.24) is 5.16 Å². The average Bonchev–Trinajstić information content (AvgIpc) is 2.86. The molecule has 8 heteroatoms. The van der Waals surface area contributed by atoms with Crippen LogP contribution in [0.15, 0.2) is 34.9 Å². The van der Waals surface area contributed by atoms with Crippen molar-refractivity contribution in [2.45, 2.75) is 32.4 Å². The average molecular weight is 327 g/mol. The molecule has 0 saturated carbocycles. The maximum absolute atomic E-state index is 12.9. The van der Waals surface area contributed by atoms with Crippen LogP contribution in [0.4, 0.5) is 29.5 Å². The number of nitrogens with one attached hydrogen (secondary N) is 2. The van der Waals surface area contributed by atoms with Gasteiger partial charge in [0.15, 0.2) is 11.6 Å². The molecule has 0 spiro atoms. The van der Waals surface area contributed by atoms with Gasteiger partial charge in [-0.2, -0.15) is 13.2 Å². The molecule has 0 bridgehead atoms. The Labute approximate surface area is 130 Å². The fourth-order valence-corrected chi connectivity index (χ4v) is 1.77. The Balaban J connectivity index is 2.06. The summed E-state index contributed by atoms with van der Waals surface area (Å²) in [7, 11) is 0. The van der Waals surface area contributed by atoms with E-state index in [-0.39, 0.29) is 11.6 Å². The number of amides is 2. The molecule has 1 aromatic heterocycles. The number of halogens is 3. The fourth-order valence-electron chi connectivity index (χ4n) is 1.77. The minimum Gasteiger partial charge on any atom is -0.358 e. The van der Waals surface area contributed by atoms with E-state index in [2.05, 4.69) is 15.8 Å². The molecule has 0 aliphatic rings. The SMILES string of the molecule is Cc1cccc(NC(=O)Nc2cc(C(C)(C)C(F)(F)F)on2)c1. The van der Waals surface area contributed by atoms with Crippen molar-refractivity contribution in [3.63, 3.8) is 0 Å². The zero-order valence-electron chi connectivity index (χ0n) is 12.8. The monoisotopic (exact) mass is 327 g/mol. The van der Waals surface area contributed by atoms with Crippen LogP contribution in [-0.2, 0) is 5.41 Å². The van der Waals surface area contributed by atoms with E-state index in [0.29, 0.717) is 5.69 Å². The van der Waals surface area contributed by atoms with Crippen LogP contribution >= 0.6 is 0 Å². The highest BCUT2D eigenvalue weighted by Crippen LogP contribution is 2.40. The van der Waals surface area contributed by atoms with E-state index in [9.17, 15) is 18.0 Å². The number of aromatic nitrogens is 1. The standard InChI is InChI=1S/C15H16F3N3O2/c1-9-5-4-6-10(7-9)19-13(22)20-12-8-11(23-21-12)14(2,3)15(16,17)18/h4-8H,1-3H3,(H2,19,20,21,22). The summed E-state index contributed by atoms with van der Waals surface area (Å²) in [6.45, 7) is 3.82. The third-order valence-electron chi connectivity index (χ3n) is 3.35. The lowest BCUT2D eigenvalue weighted by molar-refractivity contribution is -0.185. The first-order valence-electron chi connectivity index (χ1n) is 6.78. The molecular weight excluding hydrogens is 311 g/mol. The first kappa shape index (κ1) is 16.9. The molecule has 23 heavy (non-hydrogen) atoms. The number of carbonyl (C=O) groups excluding carboxylic acids is 1. The van der Waals surface area contributed by atoms with Gasteiger partial charge in [-0.3, -0.25) is 5.32 Å². The van der Waals surface area contributed by atoms with E-state index < -0.39 is 17.6 Å². The van der Waals surface area contributed by atoms with Gasteiger partial charge in [-0.1, -0.05) is 17.3 Å². The maximum Gasteiger partial charge on any atom is 0.401 e. The molecule has 5 nitrogen and oxygen atoms in total. The Morgan fingerprint density at radius 2 is 1.87 bits per heavy atom. The van der Waals surface area contributed by atoms with Crippen molar-refractivity contribution in [2.75, 3.05) is 10.6 Å². The van der Waals surface area contributed by atoms with E-state index in [1.165, 1.54) is 0 Å². The van der Waals surface area contributed by atoms with Crippen molar-refractivity contribution < 1.29 is 22.5 Å². The van der Waals surface area contributed by atoms with Gasteiger partial charge in [-0.25, -0.2) is 4.79 Å². The summed E-state index contributed by atoms with van der Waals surface area (Å²) < 4.78 is 43.5. The second kappa shape index (κ2) is 5.94. The number of anilines is 2. The first-order valence-corrected chi connectivity index (χ1v) is 6.78. The predicted molar refractivity (Wildman–Crippen MR) is 79.4 cm³/mol. The first-order chi connectivity index (χ1) is 10.6. The Hall–Kier alpha value is -2.51. The molecule has 2 amide bonds. The molecule has 2 rings (SSSR count). The highest BCUT2D eigenvalue weighted by Gasteiger charge is 2.51. The van der Waals surface area contributed by atoms with E-state index in [0.717, 1.165) is 25.5 Å². The normalized spacial score (nSPS) is 12.1. The summed E-state index contributed by atoms with van der Waals surface area (Å²) in [5.41, 5.74) is -0.687. The van der Waals surface area contributed by atoms with Crippen LogP contribution in [0.1, 0.15) is 25.2 Å². The largest absolute Gasteiger partial charge is 0.401 e. The summed E-state index contributed by atoms with van der Waals surface area (Å²) in [4.78, 5) is 11.8. The van der Waals surface area contributed by atoms with Crippen LogP contribution in [0.25, 0.3) is 0 Å². The van der Waals surface area contributed by atoms with Gasteiger partial charge >= 0.3 is 12.2 Å².